The fourth-order valence-electron chi connectivity index (χ4n) is 3.53. The number of hydrogen-bond acceptors (Lipinski definition) is 5. The van der Waals surface area contributed by atoms with Crippen LogP contribution in [-0.2, 0) is 32.6 Å². The topological polar surface area (TPSA) is 70.2 Å². The number of nitrogens with zero attached hydrogens (tertiary/aromatic N) is 3. The number of carbonyl (C=O) groups is 1. The molecule has 0 atom stereocenters. The van der Waals surface area contributed by atoms with Crippen molar-refractivity contribution in [1.29, 1.82) is 0 Å². The molecule has 2 heterocycles. The van der Waals surface area contributed by atoms with Crippen LogP contribution in [-0.4, -0.2) is 74.4 Å². The molecule has 144 valence electrons. The normalized spacial score (nSPS) is 19.0. The Hall–Kier alpha value is -1.48. The van der Waals surface area contributed by atoms with E-state index >= 15 is 0 Å². The van der Waals surface area contributed by atoms with Gasteiger partial charge in [-0.15, -0.1) is 0 Å². The molecule has 1 saturated heterocycles. The van der Waals surface area contributed by atoms with Crippen LogP contribution in [0.2, 0.25) is 0 Å². The molecule has 3 rings (SSSR count). The van der Waals surface area contributed by atoms with Crippen LogP contribution in [0.1, 0.15) is 25.0 Å². The van der Waals surface area contributed by atoms with Crippen LogP contribution in [0.4, 0.5) is 0 Å². The van der Waals surface area contributed by atoms with Gasteiger partial charge in [0.2, 0.25) is 15.9 Å². The summed E-state index contributed by atoms with van der Waals surface area (Å²) < 4.78 is 31.3. The van der Waals surface area contributed by atoms with Crippen molar-refractivity contribution in [3.63, 3.8) is 0 Å². The smallest absolute Gasteiger partial charge is 0.243 e. The molecule has 8 heteroatoms. The van der Waals surface area contributed by atoms with E-state index in [2.05, 4.69) is 4.90 Å². The van der Waals surface area contributed by atoms with Crippen molar-refractivity contribution in [3.8, 4) is 0 Å². The third-order valence-corrected chi connectivity index (χ3v) is 7.10. The molecule has 0 unspecified atom stereocenters. The number of hydrogen-bond donors (Lipinski definition) is 0. The lowest BCUT2D eigenvalue weighted by Gasteiger charge is -2.41. The zero-order valence-electron chi connectivity index (χ0n) is 15.9. The largest absolute Gasteiger partial charge is 0.379 e. The van der Waals surface area contributed by atoms with E-state index in [1.807, 2.05) is 24.8 Å². The zero-order valence-corrected chi connectivity index (χ0v) is 16.7. The molecular weight excluding hydrogens is 354 g/mol. The SMILES string of the molecule is CN(C)S(=O)(=O)c1ccc2c(c1)CN(C(=O)C(C)(C)N1CCOCC1)C2. The maximum absolute atomic E-state index is 13.1. The fourth-order valence-corrected chi connectivity index (χ4v) is 4.48. The first-order valence-electron chi connectivity index (χ1n) is 8.80. The number of ether oxygens (including phenoxy) is 1. The highest BCUT2D eigenvalue weighted by atomic mass is 32.2. The van der Waals surface area contributed by atoms with Crippen molar-refractivity contribution < 1.29 is 17.9 Å². The van der Waals surface area contributed by atoms with Gasteiger partial charge in [0, 0.05) is 40.3 Å². The molecule has 7 nitrogen and oxygen atoms in total. The Balaban J connectivity index is 1.79. The number of morpholine rings is 1. The standard InChI is InChI=1S/C18H27N3O4S/c1-18(2,21-7-9-25-10-8-21)17(22)20-12-14-5-6-16(11-15(14)13-20)26(23,24)19(3)4/h5-6,11H,7-10,12-13H2,1-4H3. The fraction of sp³-hybridized carbons (Fsp3) is 0.611. The highest BCUT2D eigenvalue weighted by Crippen LogP contribution is 2.29. The molecule has 1 fully saturated rings. The van der Waals surface area contributed by atoms with E-state index < -0.39 is 15.6 Å². The molecule has 0 saturated carbocycles. The molecule has 2 aliphatic heterocycles. The van der Waals surface area contributed by atoms with Gasteiger partial charge in [-0.3, -0.25) is 9.69 Å². The number of rotatable bonds is 4. The van der Waals surface area contributed by atoms with Gasteiger partial charge in [0.05, 0.1) is 23.6 Å². The van der Waals surface area contributed by atoms with Crippen molar-refractivity contribution in [2.75, 3.05) is 40.4 Å². The van der Waals surface area contributed by atoms with Gasteiger partial charge in [-0.25, -0.2) is 12.7 Å². The van der Waals surface area contributed by atoms with Crippen LogP contribution in [0.15, 0.2) is 23.1 Å². The summed E-state index contributed by atoms with van der Waals surface area (Å²) in [6.07, 6.45) is 0. The Morgan fingerprint density at radius 2 is 1.73 bits per heavy atom. The number of fused-ring (bicyclic) bond motifs is 1. The molecule has 26 heavy (non-hydrogen) atoms. The van der Waals surface area contributed by atoms with Crippen LogP contribution < -0.4 is 0 Å². The second-order valence-corrected chi connectivity index (χ2v) is 9.69. The number of sulfonamides is 1. The van der Waals surface area contributed by atoms with E-state index in [0.717, 1.165) is 24.2 Å². The summed E-state index contributed by atoms with van der Waals surface area (Å²) in [4.78, 5) is 17.4. The van der Waals surface area contributed by atoms with Crippen LogP contribution in [0.3, 0.4) is 0 Å². The summed E-state index contributed by atoms with van der Waals surface area (Å²) in [5.41, 5.74) is 1.30. The van der Waals surface area contributed by atoms with E-state index in [1.165, 1.54) is 18.4 Å². The van der Waals surface area contributed by atoms with Gasteiger partial charge in [0.25, 0.3) is 0 Å². The van der Waals surface area contributed by atoms with Crippen LogP contribution in [0, 0.1) is 0 Å². The van der Waals surface area contributed by atoms with E-state index in [4.69, 9.17) is 4.74 Å². The summed E-state index contributed by atoms with van der Waals surface area (Å²) in [6.45, 7) is 7.63. The molecule has 1 aromatic rings. The number of amides is 1. The van der Waals surface area contributed by atoms with Gasteiger partial charge in [0.15, 0.2) is 0 Å². The second-order valence-electron chi connectivity index (χ2n) is 7.54. The minimum atomic E-state index is -3.47. The van der Waals surface area contributed by atoms with Crippen molar-refractivity contribution in [2.24, 2.45) is 0 Å². The van der Waals surface area contributed by atoms with Crippen molar-refractivity contribution in [2.45, 2.75) is 37.4 Å². The highest BCUT2D eigenvalue weighted by molar-refractivity contribution is 7.89. The van der Waals surface area contributed by atoms with Gasteiger partial charge in [-0.05, 0) is 37.1 Å². The maximum atomic E-state index is 13.1. The Labute approximate surface area is 155 Å². The predicted octanol–water partition coefficient (Wildman–Crippen LogP) is 0.890. The maximum Gasteiger partial charge on any atom is 0.243 e. The lowest BCUT2D eigenvalue weighted by Crippen LogP contribution is -2.58. The molecule has 2 aliphatic rings. The minimum Gasteiger partial charge on any atom is -0.379 e. The molecule has 1 aromatic carbocycles. The molecule has 0 aromatic heterocycles. The zero-order chi connectivity index (χ0) is 19.1. The summed E-state index contributed by atoms with van der Waals surface area (Å²) in [6, 6.07) is 5.13. The summed E-state index contributed by atoms with van der Waals surface area (Å²) >= 11 is 0. The Kier molecular flexibility index (Phi) is 5.13. The lowest BCUT2D eigenvalue weighted by molar-refractivity contribution is -0.146. The van der Waals surface area contributed by atoms with Gasteiger partial charge < -0.3 is 9.64 Å². The highest BCUT2D eigenvalue weighted by Gasteiger charge is 2.40. The third-order valence-electron chi connectivity index (χ3n) is 5.29. The predicted molar refractivity (Wildman–Crippen MR) is 98.0 cm³/mol. The average molecular weight is 381 g/mol. The van der Waals surface area contributed by atoms with E-state index in [1.54, 1.807) is 12.1 Å². The first-order valence-corrected chi connectivity index (χ1v) is 10.2. The quantitative estimate of drug-likeness (QED) is 0.775. The molecule has 0 N–H and O–H groups in total. The molecule has 1 amide bonds. The molecule has 0 bridgehead atoms. The Morgan fingerprint density at radius 3 is 2.35 bits per heavy atom. The number of carbonyl (C=O) groups excluding carboxylic acids is 1. The van der Waals surface area contributed by atoms with E-state index in [-0.39, 0.29) is 10.8 Å². The lowest BCUT2D eigenvalue weighted by atomic mass is 10.00. The van der Waals surface area contributed by atoms with E-state index in [9.17, 15) is 13.2 Å². The summed E-state index contributed by atoms with van der Waals surface area (Å²) in [5, 5.41) is 0. The first kappa shape index (κ1) is 19.3. The summed E-state index contributed by atoms with van der Waals surface area (Å²) in [7, 11) is -0.440. The molecular formula is C18H27N3O4S. The molecule has 0 aliphatic carbocycles. The Morgan fingerprint density at radius 1 is 1.12 bits per heavy atom. The molecule has 0 spiro atoms. The van der Waals surface area contributed by atoms with Gasteiger partial charge in [0.1, 0.15) is 0 Å². The van der Waals surface area contributed by atoms with Crippen LogP contribution in [0.5, 0.6) is 0 Å². The Bertz CT molecular complexity index is 799. The van der Waals surface area contributed by atoms with Crippen LogP contribution >= 0.6 is 0 Å². The van der Waals surface area contributed by atoms with Crippen molar-refractivity contribution in [1.82, 2.24) is 14.1 Å². The minimum absolute atomic E-state index is 0.0626. The van der Waals surface area contributed by atoms with E-state index in [0.29, 0.717) is 26.3 Å². The summed E-state index contributed by atoms with van der Waals surface area (Å²) in [5.74, 6) is 0.0626. The van der Waals surface area contributed by atoms with Gasteiger partial charge in [-0.1, -0.05) is 6.07 Å². The third kappa shape index (κ3) is 3.38. The van der Waals surface area contributed by atoms with Gasteiger partial charge in [-0.2, -0.15) is 0 Å². The first-order chi connectivity index (χ1) is 12.1. The van der Waals surface area contributed by atoms with Crippen molar-refractivity contribution in [3.05, 3.63) is 29.3 Å². The van der Waals surface area contributed by atoms with Crippen LogP contribution in [0.25, 0.3) is 0 Å². The van der Waals surface area contributed by atoms with Crippen molar-refractivity contribution >= 4 is 15.9 Å². The molecule has 0 radical (unpaired) electrons. The average Bonchev–Trinajstić information content (AvgIpc) is 3.04. The monoisotopic (exact) mass is 381 g/mol. The second kappa shape index (κ2) is 6.92. The van der Waals surface area contributed by atoms with Gasteiger partial charge >= 0.3 is 0 Å². The number of benzene rings is 1.